The molecule has 0 aliphatic heterocycles. The molecule has 0 fully saturated rings. The summed E-state index contributed by atoms with van der Waals surface area (Å²) in [6, 6.07) is 6.53. The van der Waals surface area contributed by atoms with E-state index in [4.69, 9.17) is 5.73 Å². The summed E-state index contributed by atoms with van der Waals surface area (Å²) in [5.74, 6) is -2.06. The highest BCUT2D eigenvalue weighted by atomic mass is 32.2. The van der Waals surface area contributed by atoms with Crippen LogP contribution in [0.2, 0.25) is 0 Å². The van der Waals surface area contributed by atoms with Gasteiger partial charge in [-0.1, -0.05) is 44.2 Å². The van der Waals surface area contributed by atoms with Crippen LogP contribution in [0.5, 0.6) is 0 Å². The molecule has 1 aromatic rings. The van der Waals surface area contributed by atoms with Crippen LogP contribution in [0.25, 0.3) is 0 Å². The number of carboxylic acids is 1. The summed E-state index contributed by atoms with van der Waals surface area (Å²) in [4.78, 5) is 48.6. The van der Waals surface area contributed by atoms with Gasteiger partial charge in [-0.25, -0.2) is 4.79 Å². The monoisotopic (exact) mass is 466 g/mol. The van der Waals surface area contributed by atoms with Crippen LogP contribution in [0.15, 0.2) is 30.3 Å². The Kier molecular flexibility index (Phi) is 12.4. The van der Waals surface area contributed by atoms with Crippen LogP contribution < -0.4 is 21.7 Å². The summed E-state index contributed by atoms with van der Waals surface area (Å²) in [6.07, 6.45) is 2.79. The van der Waals surface area contributed by atoms with Gasteiger partial charge in [-0.05, 0) is 42.8 Å². The third kappa shape index (κ3) is 10.6. The van der Waals surface area contributed by atoms with Crippen molar-refractivity contribution in [2.24, 2.45) is 11.7 Å². The smallest absolute Gasteiger partial charge is 0.326 e. The maximum Gasteiger partial charge on any atom is 0.326 e. The van der Waals surface area contributed by atoms with Crippen LogP contribution in [-0.4, -0.2) is 65.5 Å². The summed E-state index contributed by atoms with van der Waals surface area (Å²) in [6.45, 7) is 3.44. The van der Waals surface area contributed by atoms with Crippen molar-refractivity contribution in [2.45, 2.75) is 51.2 Å². The van der Waals surface area contributed by atoms with Crippen molar-refractivity contribution < 1.29 is 24.3 Å². The average molecular weight is 467 g/mol. The number of nitrogens with two attached hydrogens (primary N) is 1. The van der Waals surface area contributed by atoms with Crippen molar-refractivity contribution in [1.29, 1.82) is 0 Å². The number of hydrogen-bond acceptors (Lipinski definition) is 6. The maximum atomic E-state index is 12.6. The molecule has 178 valence electrons. The Labute approximate surface area is 193 Å². The number of hydrogen-bond donors (Lipinski definition) is 5. The van der Waals surface area contributed by atoms with Crippen LogP contribution in [0.3, 0.4) is 0 Å². The molecule has 1 aromatic carbocycles. The van der Waals surface area contributed by atoms with Gasteiger partial charge < -0.3 is 26.8 Å². The Morgan fingerprint density at radius 2 is 1.69 bits per heavy atom. The fourth-order valence-electron chi connectivity index (χ4n) is 2.97. The fraction of sp³-hybridized carbons (Fsp3) is 0.545. The van der Waals surface area contributed by atoms with Gasteiger partial charge in [-0.2, -0.15) is 11.8 Å². The summed E-state index contributed by atoms with van der Waals surface area (Å²) < 4.78 is 0. The zero-order valence-corrected chi connectivity index (χ0v) is 19.6. The molecule has 0 saturated carbocycles. The Bertz CT molecular complexity index is 760. The predicted molar refractivity (Wildman–Crippen MR) is 125 cm³/mol. The van der Waals surface area contributed by atoms with Crippen molar-refractivity contribution in [3.05, 3.63) is 35.9 Å². The zero-order valence-electron chi connectivity index (χ0n) is 18.8. The molecule has 0 saturated heterocycles. The highest BCUT2D eigenvalue weighted by Crippen LogP contribution is 2.07. The minimum absolute atomic E-state index is 0.0782. The summed E-state index contributed by atoms with van der Waals surface area (Å²) in [7, 11) is 0. The first-order chi connectivity index (χ1) is 15.1. The number of amides is 3. The second kappa shape index (κ2) is 14.5. The summed E-state index contributed by atoms with van der Waals surface area (Å²) in [5, 5.41) is 16.9. The Hall–Kier alpha value is -2.59. The molecule has 10 heteroatoms. The Morgan fingerprint density at radius 3 is 2.25 bits per heavy atom. The molecule has 1 rings (SSSR count). The molecule has 0 aliphatic rings. The lowest BCUT2D eigenvalue weighted by molar-refractivity contribution is -0.142. The molecule has 3 atom stereocenters. The van der Waals surface area contributed by atoms with Gasteiger partial charge in [0.1, 0.15) is 12.1 Å². The molecule has 0 spiro atoms. The van der Waals surface area contributed by atoms with Crippen LogP contribution in [-0.2, 0) is 25.6 Å². The van der Waals surface area contributed by atoms with E-state index >= 15 is 0 Å². The van der Waals surface area contributed by atoms with E-state index in [0.29, 0.717) is 18.6 Å². The number of carbonyl (C=O) groups excluding carboxylic acids is 3. The number of thioether (sulfide) groups is 1. The molecule has 3 unspecified atom stereocenters. The third-order valence-electron chi connectivity index (χ3n) is 4.64. The van der Waals surface area contributed by atoms with Crippen LogP contribution in [0, 0.1) is 5.92 Å². The number of carboxylic acid groups (broad SMARTS) is 1. The topological polar surface area (TPSA) is 151 Å². The van der Waals surface area contributed by atoms with E-state index in [1.807, 2.05) is 50.4 Å². The van der Waals surface area contributed by atoms with Crippen LogP contribution in [0.1, 0.15) is 32.3 Å². The lowest BCUT2D eigenvalue weighted by Crippen LogP contribution is -2.54. The van der Waals surface area contributed by atoms with Gasteiger partial charge in [-0.15, -0.1) is 0 Å². The first-order valence-corrected chi connectivity index (χ1v) is 11.9. The van der Waals surface area contributed by atoms with Crippen molar-refractivity contribution in [1.82, 2.24) is 16.0 Å². The lowest BCUT2D eigenvalue weighted by Gasteiger charge is -2.23. The van der Waals surface area contributed by atoms with E-state index in [-0.39, 0.29) is 18.9 Å². The van der Waals surface area contributed by atoms with Gasteiger partial charge in [0.25, 0.3) is 0 Å². The molecule has 0 heterocycles. The van der Waals surface area contributed by atoms with E-state index in [9.17, 15) is 24.3 Å². The normalized spacial score (nSPS) is 13.7. The Balaban J connectivity index is 2.62. The molecule has 0 bridgehead atoms. The van der Waals surface area contributed by atoms with E-state index in [2.05, 4.69) is 16.0 Å². The molecule has 0 radical (unpaired) electrons. The number of carbonyl (C=O) groups is 4. The molecule has 3 amide bonds. The van der Waals surface area contributed by atoms with E-state index < -0.39 is 41.8 Å². The molecule has 0 aromatic heterocycles. The molecule has 32 heavy (non-hydrogen) atoms. The first-order valence-electron chi connectivity index (χ1n) is 10.5. The maximum absolute atomic E-state index is 12.6. The van der Waals surface area contributed by atoms with Gasteiger partial charge in [-0.3, -0.25) is 14.4 Å². The predicted octanol–water partition coefficient (Wildman–Crippen LogP) is 0.526. The minimum Gasteiger partial charge on any atom is -0.480 e. The summed E-state index contributed by atoms with van der Waals surface area (Å²) >= 11 is 1.48. The summed E-state index contributed by atoms with van der Waals surface area (Å²) in [5.41, 5.74) is 6.81. The molecule has 0 aliphatic carbocycles. The third-order valence-corrected chi connectivity index (χ3v) is 5.29. The number of aliphatic carboxylic acids is 1. The van der Waals surface area contributed by atoms with Crippen LogP contribution in [0.4, 0.5) is 0 Å². The highest BCUT2D eigenvalue weighted by molar-refractivity contribution is 7.98. The van der Waals surface area contributed by atoms with Crippen molar-refractivity contribution in [2.75, 3.05) is 18.6 Å². The molecule has 6 N–H and O–H groups in total. The van der Waals surface area contributed by atoms with Crippen molar-refractivity contribution in [3.8, 4) is 0 Å². The van der Waals surface area contributed by atoms with Gasteiger partial charge in [0.15, 0.2) is 0 Å². The first kappa shape index (κ1) is 27.4. The van der Waals surface area contributed by atoms with Crippen LogP contribution >= 0.6 is 11.8 Å². The van der Waals surface area contributed by atoms with Crippen molar-refractivity contribution in [3.63, 3.8) is 0 Å². The van der Waals surface area contributed by atoms with Gasteiger partial charge in [0.05, 0.1) is 12.6 Å². The van der Waals surface area contributed by atoms with Crippen molar-refractivity contribution >= 4 is 35.5 Å². The number of nitrogens with one attached hydrogen (secondary N) is 3. The van der Waals surface area contributed by atoms with Gasteiger partial charge >= 0.3 is 5.97 Å². The number of benzene rings is 1. The molecule has 9 nitrogen and oxygen atoms in total. The quantitative estimate of drug-likeness (QED) is 0.268. The van der Waals surface area contributed by atoms with Gasteiger partial charge in [0.2, 0.25) is 17.7 Å². The van der Waals surface area contributed by atoms with E-state index in [1.54, 1.807) is 0 Å². The largest absolute Gasteiger partial charge is 0.480 e. The highest BCUT2D eigenvalue weighted by Gasteiger charge is 2.27. The standard InChI is InChI=1S/C22H34N4O5S/c1-14(2)11-18(21(29)26-17(22(30)31)9-10-32-3)25-19(27)13-24-20(28)16(23)12-15-7-5-4-6-8-15/h4-8,14,16-18H,9-13,23H2,1-3H3,(H,24,28)(H,25,27)(H,26,29)(H,30,31). The lowest BCUT2D eigenvalue weighted by atomic mass is 10.0. The fourth-order valence-corrected chi connectivity index (χ4v) is 3.44. The zero-order chi connectivity index (χ0) is 24.1. The van der Waals surface area contributed by atoms with Gasteiger partial charge in [0, 0.05) is 0 Å². The van der Waals surface area contributed by atoms with E-state index in [0.717, 1.165) is 5.56 Å². The molecular weight excluding hydrogens is 432 g/mol. The molecular formula is C22H34N4O5S. The second-order valence-corrected chi connectivity index (χ2v) is 8.93. The second-order valence-electron chi connectivity index (χ2n) is 7.94. The Morgan fingerprint density at radius 1 is 1.03 bits per heavy atom. The van der Waals surface area contributed by atoms with E-state index in [1.165, 1.54) is 11.8 Å². The average Bonchev–Trinajstić information content (AvgIpc) is 2.74. The minimum atomic E-state index is -1.12. The SMILES string of the molecule is CSCCC(NC(=O)C(CC(C)C)NC(=O)CNC(=O)C(N)Cc1ccccc1)C(=O)O. The number of rotatable bonds is 14.